The van der Waals surface area contributed by atoms with Gasteiger partial charge >= 0.3 is 0 Å². The number of nitrogens with zero attached hydrogens (tertiary/aromatic N) is 2. The average molecular weight is 364 g/mol. The van der Waals surface area contributed by atoms with Gasteiger partial charge in [0.2, 0.25) is 0 Å². The van der Waals surface area contributed by atoms with E-state index in [1.165, 1.54) is 5.56 Å². The van der Waals surface area contributed by atoms with Crippen LogP contribution >= 0.6 is 0 Å². The van der Waals surface area contributed by atoms with Crippen LogP contribution in [0.2, 0.25) is 0 Å². The number of methoxy groups -OCH3 is 1. The van der Waals surface area contributed by atoms with Crippen molar-refractivity contribution >= 4 is 5.96 Å². The number of rotatable bonds is 8. The molecule has 5 heteroatoms. The molecule has 0 fully saturated rings. The van der Waals surface area contributed by atoms with Crippen LogP contribution in [0.4, 0.5) is 0 Å². The Hall–Kier alpha value is -3.00. The summed E-state index contributed by atoms with van der Waals surface area (Å²) in [5.41, 5.74) is 3.05. The van der Waals surface area contributed by atoms with E-state index >= 15 is 0 Å². The first-order chi connectivity index (χ1) is 13.2. The third-order valence-corrected chi connectivity index (χ3v) is 4.40. The Kier molecular flexibility index (Phi) is 8.18. The van der Waals surface area contributed by atoms with E-state index in [1.54, 1.807) is 7.11 Å². The van der Waals surface area contributed by atoms with E-state index in [4.69, 9.17) is 10.00 Å². The zero-order valence-electron chi connectivity index (χ0n) is 16.3. The molecule has 1 atom stereocenters. The van der Waals surface area contributed by atoms with Gasteiger partial charge in [-0.05, 0) is 54.7 Å². The molecule has 0 aliphatic carbocycles. The van der Waals surface area contributed by atoms with Gasteiger partial charge in [-0.25, -0.2) is 4.99 Å². The van der Waals surface area contributed by atoms with Gasteiger partial charge in [0, 0.05) is 13.1 Å². The second-order valence-corrected chi connectivity index (χ2v) is 6.39. The van der Waals surface area contributed by atoms with Crippen molar-refractivity contribution in [2.45, 2.75) is 32.7 Å². The summed E-state index contributed by atoms with van der Waals surface area (Å²) in [6.07, 6.45) is 1.01. The Morgan fingerprint density at radius 2 is 1.81 bits per heavy atom. The normalized spacial score (nSPS) is 12.1. The van der Waals surface area contributed by atoms with E-state index < -0.39 is 0 Å². The maximum Gasteiger partial charge on any atom is 0.191 e. The van der Waals surface area contributed by atoms with Crippen LogP contribution in [0.1, 0.15) is 42.9 Å². The number of ether oxygens (including phenoxy) is 1. The molecule has 0 heterocycles. The molecule has 27 heavy (non-hydrogen) atoms. The highest BCUT2D eigenvalue weighted by Crippen LogP contribution is 2.21. The molecule has 0 aliphatic heterocycles. The zero-order valence-corrected chi connectivity index (χ0v) is 16.3. The van der Waals surface area contributed by atoms with Gasteiger partial charge in [-0.2, -0.15) is 5.26 Å². The monoisotopic (exact) mass is 364 g/mol. The molecule has 2 N–H and O–H groups in total. The maximum atomic E-state index is 8.86. The number of guanidine groups is 1. The molecule has 2 rings (SSSR count). The van der Waals surface area contributed by atoms with Crippen LogP contribution in [0.25, 0.3) is 0 Å². The van der Waals surface area contributed by atoms with Crippen molar-refractivity contribution in [2.75, 3.05) is 20.2 Å². The molecule has 0 aliphatic rings. The van der Waals surface area contributed by atoms with Gasteiger partial charge in [0.25, 0.3) is 0 Å². The average Bonchev–Trinajstić information content (AvgIpc) is 2.72. The third kappa shape index (κ3) is 6.67. The van der Waals surface area contributed by atoms with Crippen LogP contribution in [-0.4, -0.2) is 26.2 Å². The minimum atomic E-state index is 0.449. The van der Waals surface area contributed by atoms with Crippen molar-refractivity contribution in [3.05, 3.63) is 65.2 Å². The van der Waals surface area contributed by atoms with E-state index in [0.717, 1.165) is 36.8 Å². The van der Waals surface area contributed by atoms with E-state index in [0.29, 0.717) is 18.0 Å². The summed E-state index contributed by atoms with van der Waals surface area (Å²) in [5, 5.41) is 15.5. The summed E-state index contributed by atoms with van der Waals surface area (Å²) in [4.78, 5) is 4.63. The van der Waals surface area contributed by atoms with E-state index in [9.17, 15) is 0 Å². The SMILES string of the molecule is CCNC(=NCc1ccc(C#N)cc1)NCCC(C)c1ccc(OC)cc1. The summed E-state index contributed by atoms with van der Waals surface area (Å²) in [6, 6.07) is 17.9. The molecule has 2 aromatic rings. The molecule has 1 unspecified atom stereocenters. The maximum absolute atomic E-state index is 8.86. The van der Waals surface area contributed by atoms with Crippen LogP contribution in [0.15, 0.2) is 53.5 Å². The third-order valence-electron chi connectivity index (χ3n) is 4.40. The first kappa shape index (κ1) is 20.3. The van der Waals surface area contributed by atoms with Crippen LogP contribution in [0.5, 0.6) is 5.75 Å². The first-order valence-electron chi connectivity index (χ1n) is 9.31. The molecule has 2 aromatic carbocycles. The van der Waals surface area contributed by atoms with Crippen molar-refractivity contribution in [1.29, 1.82) is 5.26 Å². The highest BCUT2D eigenvalue weighted by molar-refractivity contribution is 5.79. The minimum absolute atomic E-state index is 0.449. The molecule has 0 aromatic heterocycles. The largest absolute Gasteiger partial charge is 0.497 e. The van der Waals surface area contributed by atoms with Crippen molar-refractivity contribution in [1.82, 2.24) is 10.6 Å². The second-order valence-electron chi connectivity index (χ2n) is 6.39. The highest BCUT2D eigenvalue weighted by atomic mass is 16.5. The molecule has 142 valence electrons. The summed E-state index contributed by atoms with van der Waals surface area (Å²) in [6.45, 7) is 6.51. The van der Waals surface area contributed by atoms with Crippen molar-refractivity contribution in [2.24, 2.45) is 4.99 Å². The molecule has 0 amide bonds. The molecule has 0 saturated heterocycles. The Balaban J connectivity index is 1.86. The van der Waals surface area contributed by atoms with Crippen LogP contribution in [-0.2, 0) is 6.54 Å². The fourth-order valence-electron chi connectivity index (χ4n) is 2.70. The van der Waals surface area contributed by atoms with Crippen molar-refractivity contribution < 1.29 is 4.74 Å². The van der Waals surface area contributed by atoms with Gasteiger partial charge in [0.05, 0.1) is 25.3 Å². The van der Waals surface area contributed by atoms with E-state index in [1.807, 2.05) is 36.4 Å². The number of nitrogens with one attached hydrogen (secondary N) is 2. The van der Waals surface area contributed by atoms with Gasteiger partial charge in [-0.1, -0.05) is 31.2 Å². The van der Waals surface area contributed by atoms with Crippen molar-refractivity contribution in [3.8, 4) is 11.8 Å². The lowest BCUT2D eigenvalue weighted by molar-refractivity contribution is 0.414. The molecular formula is C22H28N4O. The van der Waals surface area contributed by atoms with Gasteiger partial charge in [-0.15, -0.1) is 0 Å². The standard InChI is InChI=1S/C22H28N4O/c1-4-24-22(26-16-19-7-5-18(15-23)6-8-19)25-14-13-17(2)20-9-11-21(27-3)12-10-20/h5-12,17H,4,13-14,16H2,1-3H3,(H2,24,25,26). The fourth-order valence-corrected chi connectivity index (χ4v) is 2.70. The molecule has 0 radical (unpaired) electrons. The highest BCUT2D eigenvalue weighted by Gasteiger charge is 2.06. The Labute approximate surface area is 162 Å². The Bertz CT molecular complexity index is 760. The zero-order chi connectivity index (χ0) is 19.5. The number of hydrogen-bond donors (Lipinski definition) is 2. The summed E-state index contributed by atoms with van der Waals surface area (Å²) < 4.78 is 5.21. The van der Waals surface area contributed by atoms with Crippen LogP contribution in [0, 0.1) is 11.3 Å². The minimum Gasteiger partial charge on any atom is -0.497 e. The number of nitriles is 1. The van der Waals surface area contributed by atoms with E-state index in [-0.39, 0.29) is 0 Å². The number of aliphatic imine (C=N–C) groups is 1. The molecule has 5 nitrogen and oxygen atoms in total. The fraction of sp³-hybridized carbons (Fsp3) is 0.364. The second kappa shape index (κ2) is 10.9. The number of hydrogen-bond acceptors (Lipinski definition) is 3. The predicted molar refractivity (Wildman–Crippen MR) is 110 cm³/mol. The predicted octanol–water partition coefficient (Wildman–Crippen LogP) is 3.82. The van der Waals surface area contributed by atoms with Crippen LogP contribution in [0.3, 0.4) is 0 Å². The smallest absolute Gasteiger partial charge is 0.191 e. The Morgan fingerprint density at radius 3 is 2.41 bits per heavy atom. The summed E-state index contributed by atoms with van der Waals surface area (Å²) >= 11 is 0. The molecular weight excluding hydrogens is 336 g/mol. The van der Waals surface area contributed by atoms with Crippen molar-refractivity contribution in [3.63, 3.8) is 0 Å². The number of benzene rings is 2. The summed E-state index contributed by atoms with van der Waals surface area (Å²) in [7, 11) is 1.68. The lowest BCUT2D eigenvalue weighted by Gasteiger charge is -2.15. The van der Waals surface area contributed by atoms with Crippen LogP contribution < -0.4 is 15.4 Å². The van der Waals surface area contributed by atoms with Gasteiger partial charge in [-0.3, -0.25) is 0 Å². The topological polar surface area (TPSA) is 69.4 Å². The van der Waals surface area contributed by atoms with Gasteiger partial charge in [0.15, 0.2) is 5.96 Å². The lowest BCUT2D eigenvalue weighted by atomic mass is 9.98. The van der Waals surface area contributed by atoms with Gasteiger partial charge < -0.3 is 15.4 Å². The molecule has 0 spiro atoms. The molecule has 0 saturated carbocycles. The van der Waals surface area contributed by atoms with E-state index in [2.05, 4.69) is 47.7 Å². The lowest BCUT2D eigenvalue weighted by Crippen LogP contribution is -2.38. The first-order valence-corrected chi connectivity index (χ1v) is 9.31. The Morgan fingerprint density at radius 1 is 1.11 bits per heavy atom. The quantitative estimate of drug-likeness (QED) is 0.552. The van der Waals surface area contributed by atoms with Gasteiger partial charge in [0.1, 0.15) is 5.75 Å². The summed E-state index contributed by atoms with van der Waals surface area (Å²) in [5.74, 6) is 2.14. The molecule has 0 bridgehead atoms.